The van der Waals surface area contributed by atoms with Gasteiger partial charge in [0, 0.05) is 18.6 Å². The molecule has 2 aromatic rings. The summed E-state index contributed by atoms with van der Waals surface area (Å²) in [5.74, 6) is -0.0614. The van der Waals surface area contributed by atoms with Gasteiger partial charge in [-0.25, -0.2) is 23.1 Å². The number of hydrogen-bond acceptors (Lipinski definition) is 4. The summed E-state index contributed by atoms with van der Waals surface area (Å²) in [4.78, 5) is 10.2. The van der Waals surface area contributed by atoms with Gasteiger partial charge in [-0.1, -0.05) is 11.6 Å². The number of nitrogens with zero attached hydrogens (tertiary/aromatic N) is 2. The van der Waals surface area contributed by atoms with E-state index in [1.54, 1.807) is 0 Å². The van der Waals surface area contributed by atoms with Crippen molar-refractivity contribution >= 4 is 27.6 Å². The molecule has 0 bridgehead atoms. The second-order valence-corrected chi connectivity index (χ2v) is 4.92. The zero-order valence-corrected chi connectivity index (χ0v) is 9.46. The van der Waals surface area contributed by atoms with Crippen molar-refractivity contribution in [1.82, 2.24) is 15.0 Å². The monoisotopic (exact) mass is 258 g/mol. The molecule has 0 saturated heterocycles. The molecule has 0 radical (unpaired) electrons. The Morgan fingerprint density at radius 1 is 1.38 bits per heavy atom. The van der Waals surface area contributed by atoms with Crippen molar-refractivity contribution in [1.29, 1.82) is 0 Å². The summed E-state index contributed by atoms with van der Waals surface area (Å²) in [6, 6.07) is 2.88. The highest BCUT2D eigenvalue weighted by molar-refractivity contribution is 7.92. The average molecular weight is 259 g/mol. The lowest BCUT2D eigenvalue weighted by Crippen LogP contribution is -2.14. The predicted octanol–water partition coefficient (Wildman–Crippen LogP) is 1.26. The number of rotatable bonds is 3. The van der Waals surface area contributed by atoms with Gasteiger partial charge >= 0.3 is 0 Å². The van der Waals surface area contributed by atoms with Crippen LogP contribution in [0.15, 0.2) is 35.6 Å². The Kier molecular flexibility index (Phi) is 2.80. The van der Waals surface area contributed by atoms with E-state index in [-0.39, 0.29) is 16.0 Å². The molecule has 0 aliphatic rings. The lowest BCUT2D eigenvalue weighted by Gasteiger charge is -2.03. The normalized spacial score (nSPS) is 11.3. The SMILES string of the molecule is O=S(=O)(Nc1nccc(Cl)n1)c1cc[nH]c1. The molecule has 2 N–H and O–H groups in total. The standard InChI is InChI=1S/C8H7ClN4O2S/c9-7-2-4-11-8(12-7)13-16(14,15)6-1-3-10-5-6/h1-5,10H,(H,11,12,13). The minimum atomic E-state index is -3.65. The van der Waals surface area contributed by atoms with Crippen LogP contribution < -0.4 is 4.72 Å². The number of anilines is 1. The van der Waals surface area contributed by atoms with E-state index in [0.29, 0.717) is 0 Å². The Labute approximate surface area is 96.8 Å². The van der Waals surface area contributed by atoms with E-state index in [9.17, 15) is 8.42 Å². The first kappa shape index (κ1) is 10.9. The third-order valence-electron chi connectivity index (χ3n) is 1.73. The molecule has 0 fully saturated rings. The van der Waals surface area contributed by atoms with E-state index < -0.39 is 10.0 Å². The lowest BCUT2D eigenvalue weighted by atomic mass is 10.7. The maximum atomic E-state index is 11.7. The van der Waals surface area contributed by atoms with Crippen LogP contribution in [0.2, 0.25) is 5.15 Å². The van der Waals surface area contributed by atoms with Crippen LogP contribution in [-0.4, -0.2) is 23.4 Å². The lowest BCUT2D eigenvalue weighted by molar-refractivity contribution is 0.601. The van der Waals surface area contributed by atoms with Crippen LogP contribution in [0, 0.1) is 0 Å². The van der Waals surface area contributed by atoms with E-state index >= 15 is 0 Å². The molecule has 2 heterocycles. The van der Waals surface area contributed by atoms with Crippen LogP contribution in [0.4, 0.5) is 5.95 Å². The van der Waals surface area contributed by atoms with E-state index in [1.807, 2.05) is 0 Å². The fourth-order valence-electron chi connectivity index (χ4n) is 1.04. The predicted molar refractivity (Wildman–Crippen MR) is 58.6 cm³/mol. The van der Waals surface area contributed by atoms with Gasteiger partial charge in [0.05, 0.1) is 0 Å². The largest absolute Gasteiger partial charge is 0.366 e. The Bertz CT molecular complexity index is 582. The number of aromatic amines is 1. The zero-order valence-electron chi connectivity index (χ0n) is 7.88. The van der Waals surface area contributed by atoms with Crippen LogP contribution in [0.5, 0.6) is 0 Å². The van der Waals surface area contributed by atoms with Crippen molar-refractivity contribution < 1.29 is 8.42 Å². The van der Waals surface area contributed by atoms with Crippen molar-refractivity contribution in [3.8, 4) is 0 Å². The van der Waals surface area contributed by atoms with Gasteiger partial charge in [-0.2, -0.15) is 0 Å². The van der Waals surface area contributed by atoms with Crippen LogP contribution in [0.25, 0.3) is 0 Å². The fourth-order valence-corrected chi connectivity index (χ4v) is 2.10. The maximum absolute atomic E-state index is 11.7. The van der Waals surface area contributed by atoms with Crippen molar-refractivity contribution in [2.45, 2.75) is 4.90 Å². The average Bonchev–Trinajstić information content (AvgIpc) is 2.69. The molecule has 6 nitrogen and oxygen atoms in total. The minimum Gasteiger partial charge on any atom is -0.366 e. The molecule has 0 aromatic carbocycles. The summed E-state index contributed by atoms with van der Waals surface area (Å²) in [6.07, 6.45) is 4.23. The Morgan fingerprint density at radius 2 is 2.19 bits per heavy atom. The van der Waals surface area contributed by atoms with E-state index in [1.165, 1.54) is 30.7 Å². The summed E-state index contributed by atoms with van der Waals surface area (Å²) < 4.78 is 25.6. The smallest absolute Gasteiger partial charge is 0.265 e. The van der Waals surface area contributed by atoms with Crippen molar-refractivity contribution in [3.05, 3.63) is 35.9 Å². The first-order valence-electron chi connectivity index (χ1n) is 4.22. The van der Waals surface area contributed by atoms with Gasteiger partial charge in [-0.05, 0) is 12.1 Å². The quantitative estimate of drug-likeness (QED) is 0.812. The first-order chi connectivity index (χ1) is 7.58. The highest BCUT2D eigenvalue weighted by Crippen LogP contribution is 2.12. The molecule has 2 rings (SSSR count). The summed E-state index contributed by atoms with van der Waals surface area (Å²) in [5, 5.41) is 0.168. The molecule has 0 saturated carbocycles. The molecule has 0 aliphatic heterocycles. The number of hydrogen-bond donors (Lipinski definition) is 2. The van der Waals surface area contributed by atoms with Gasteiger partial charge in [-0.3, -0.25) is 0 Å². The van der Waals surface area contributed by atoms with Crippen LogP contribution >= 0.6 is 11.6 Å². The molecule has 2 aromatic heterocycles. The zero-order chi connectivity index (χ0) is 11.6. The van der Waals surface area contributed by atoms with E-state index in [2.05, 4.69) is 19.7 Å². The fraction of sp³-hybridized carbons (Fsp3) is 0. The van der Waals surface area contributed by atoms with Crippen LogP contribution in [0.3, 0.4) is 0 Å². The Hall–Kier alpha value is -1.60. The first-order valence-corrected chi connectivity index (χ1v) is 6.08. The maximum Gasteiger partial charge on any atom is 0.265 e. The van der Waals surface area contributed by atoms with Crippen molar-refractivity contribution in [3.63, 3.8) is 0 Å². The van der Waals surface area contributed by atoms with Gasteiger partial charge < -0.3 is 4.98 Å². The number of H-pyrrole nitrogens is 1. The summed E-state index contributed by atoms with van der Waals surface area (Å²) in [5.41, 5.74) is 0. The molecule has 0 amide bonds. The molecule has 0 spiro atoms. The second-order valence-electron chi connectivity index (χ2n) is 2.86. The van der Waals surface area contributed by atoms with Gasteiger partial charge in [0.2, 0.25) is 5.95 Å². The molecule has 16 heavy (non-hydrogen) atoms. The third kappa shape index (κ3) is 2.31. The molecule has 0 aliphatic carbocycles. The summed E-state index contributed by atoms with van der Waals surface area (Å²) >= 11 is 5.61. The number of nitrogens with one attached hydrogen (secondary N) is 2. The van der Waals surface area contributed by atoms with Gasteiger partial charge in [0.25, 0.3) is 10.0 Å². The highest BCUT2D eigenvalue weighted by Gasteiger charge is 2.15. The molecule has 0 atom stereocenters. The van der Waals surface area contributed by atoms with Crippen molar-refractivity contribution in [2.24, 2.45) is 0 Å². The topological polar surface area (TPSA) is 87.7 Å². The van der Waals surface area contributed by atoms with Crippen LogP contribution in [0.1, 0.15) is 0 Å². The number of sulfonamides is 1. The number of aromatic nitrogens is 3. The Balaban J connectivity index is 2.29. The van der Waals surface area contributed by atoms with E-state index in [0.717, 1.165) is 0 Å². The highest BCUT2D eigenvalue weighted by atomic mass is 35.5. The third-order valence-corrected chi connectivity index (χ3v) is 3.26. The molecule has 84 valence electrons. The second kappa shape index (κ2) is 4.11. The summed E-state index contributed by atoms with van der Waals surface area (Å²) in [7, 11) is -3.65. The molecular weight excluding hydrogens is 252 g/mol. The molecule has 0 unspecified atom stereocenters. The van der Waals surface area contributed by atoms with Crippen molar-refractivity contribution in [2.75, 3.05) is 4.72 Å². The van der Waals surface area contributed by atoms with Gasteiger partial charge in [0.15, 0.2) is 0 Å². The van der Waals surface area contributed by atoms with Crippen LogP contribution in [-0.2, 0) is 10.0 Å². The Morgan fingerprint density at radius 3 is 2.81 bits per heavy atom. The van der Waals surface area contributed by atoms with Gasteiger partial charge in [0.1, 0.15) is 10.0 Å². The minimum absolute atomic E-state index is 0.0614. The van der Waals surface area contributed by atoms with Gasteiger partial charge in [-0.15, -0.1) is 0 Å². The van der Waals surface area contributed by atoms with E-state index in [4.69, 9.17) is 11.6 Å². The summed E-state index contributed by atoms with van der Waals surface area (Å²) in [6.45, 7) is 0. The number of halogens is 1. The molecule has 8 heteroatoms. The molecular formula is C8H7ClN4O2S.